The van der Waals surface area contributed by atoms with Gasteiger partial charge in [-0.05, 0) is 39.4 Å². The molecule has 2 aliphatic heterocycles. The summed E-state index contributed by atoms with van der Waals surface area (Å²) in [5, 5.41) is 0. The fourth-order valence-corrected chi connectivity index (χ4v) is 2.05. The normalized spacial score (nSPS) is 22.7. The molecule has 0 aromatic rings. The molecule has 0 spiro atoms. The molecule has 2 fully saturated rings. The topological polar surface area (TPSA) is 23.6 Å². The van der Waals surface area contributed by atoms with Crippen LogP contribution in [0, 0.1) is 5.92 Å². The van der Waals surface area contributed by atoms with Gasteiger partial charge in [-0.25, -0.2) is 0 Å². The Morgan fingerprint density at radius 1 is 1.07 bits per heavy atom. The summed E-state index contributed by atoms with van der Waals surface area (Å²) in [6.07, 6.45) is 3.33. The van der Waals surface area contributed by atoms with Crippen molar-refractivity contribution >= 4 is 5.91 Å². The van der Waals surface area contributed by atoms with Crippen molar-refractivity contribution in [1.82, 2.24) is 9.80 Å². The van der Waals surface area contributed by atoms with E-state index in [0.717, 1.165) is 39.0 Å². The third-order valence-electron chi connectivity index (χ3n) is 3.24. The van der Waals surface area contributed by atoms with Gasteiger partial charge in [0.25, 0.3) is 0 Å². The van der Waals surface area contributed by atoms with E-state index in [2.05, 4.69) is 11.9 Å². The minimum atomic E-state index is 0.330. The van der Waals surface area contributed by atoms with Gasteiger partial charge in [0.2, 0.25) is 5.91 Å². The number of piperidine rings is 1. The second-order valence-electron chi connectivity index (χ2n) is 4.26. The number of hydrogen-bond donors (Lipinski definition) is 0. The van der Waals surface area contributed by atoms with Crippen molar-refractivity contribution in [3.63, 3.8) is 0 Å². The Morgan fingerprint density at radius 2 is 1.60 bits per heavy atom. The Labute approximate surface area is 93.4 Å². The molecule has 3 heteroatoms. The van der Waals surface area contributed by atoms with Gasteiger partial charge in [-0.1, -0.05) is 13.8 Å². The number of carbonyl (C=O) groups excluding carboxylic acids is 1. The molecule has 0 aliphatic carbocycles. The highest BCUT2D eigenvalue weighted by atomic mass is 16.2. The van der Waals surface area contributed by atoms with Gasteiger partial charge >= 0.3 is 0 Å². The highest BCUT2D eigenvalue weighted by Crippen LogP contribution is 2.21. The fourth-order valence-electron chi connectivity index (χ4n) is 2.05. The molecule has 0 bridgehead atoms. The maximum Gasteiger partial charge on any atom is 0.225 e. The Kier molecular flexibility index (Phi) is 5.09. The average molecular weight is 212 g/mol. The van der Waals surface area contributed by atoms with E-state index in [9.17, 15) is 4.79 Å². The minimum Gasteiger partial charge on any atom is -0.342 e. The minimum absolute atomic E-state index is 0.330. The van der Waals surface area contributed by atoms with E-state index >= 15 is 0 Å². The van der Waals surface area contributed by atoms with Crippen molar-refractivity contribution < 1.29 is 4.79 Å². The summed E-state index contributed by atoms with van der Waals surface area (Å²) in [6.45, 7) is 8.19. The van der Waals surface area contributed by atoms with Gasteiger partial charge < -0.3 is 9.80 Å². The monoisotopic (exact) mass is 212 g/mol. The molecule has 0 saturated carbocycles. The summed E-state index contributed by atoms with van der Waals surface area (Å²) in [6, 6.07) is 0. The molecule has 15 heavy (non-hydrogen) atoms. The molecule has 1 amide bonds. The van der Waals surface area contributed by atoms with Crippen LogP contribution in [0.4, 0.5) is 0 Å². The zero-order valence-corrected chi connectivity index (χ0v) is 10.3. The summed E-state index contributed by atoms with van der Waals surface area (Å²) < 4.78 is 0. The molecule has 2 saturated heterocycles. The third-order valence-corrected chi connectivity index (χ3v) is 3.24. The quantitative estimate of drug-likeness (QED) is 0.659. The average Bonchev–Trinajstić information content (AvgIpc) is 2.19. The van der Waals surface area contributed by atoms with Crippen LogP contribution in [-0.4, -0.2) is 48.9 Å². The molecule has 2 heterocycles. The first-order valence-electron chi connectivity index (χ1n) is 6.25. The summed E-state index contributed by atoms with van der Waals surface area (Å²) >= 11 is 0. The van der Waals surface area contributed by atoms with Gasteiger partial charge in [0.15, 0.2) is 0 Å². The number of rotatable bonds is 1. The van der Waals surface area contributed by atoms with Gasteiger partial charge in [-0.2, -0.15) is 0 Å². The van der Waals surface area contributed by atoms with Crippen LogP contribution in [0.1, 0.15) is 33.1 Å². The predicted molar refractivity (Wildman–Crippen MR) is 62.8 cm³/mol. The highest BCUT2D eigenvalue weighted by molar-refractivity contribution is 5.79. The third kappa shape index (κ3) is 3.20. The first kappa shape index (κ1) is 12.5. The van der Waals surface area contributed by atoms with Crippen LogP contribution in [0.3, 0.4) is 0 Å². The lowest BCUT2D eigenvalue weighted by atomic mass is 9.94. The van der Waals surface area contributed by atoms with E-state index < -0.39 is 0 Å². The lowest BCUT2D eigenvalue weighted by molar-refractivity contribution is -0.140. The summed E-state index contributed by atoms with van der Waals surface area (Å²) in [5.74, 6) is 0.746. The Balaban J connectivity index is 0.000000531. The number of carbonyl (C=O) groups is 1. The fraction of sp³-hybridized carbons (Fsp3) is 0.917. The Morgan fingerprint density at radius 3 is 2.00 bits per heavy atom. The van der Waals surface area contributed by atoms with E-state index in [-0.39, 0.29) is 0 Å². The SMILES string of the molecule is CC.CN1CCC(C(=O)N2CCC2)CC1. The first-order chi connectivity index (χ1) is 7.27. The van der Waals surface area contributed by atoms with Gasteiger partial charge in [0, 0.05) is 19.0 Å². The van der Waals surface area contributed by atoms with E-state index in [1.54, 1.807) is 0 Å². The Bertz CT molecular complexity index is 194. The van der Waals surface area contributed by atoms with E-state index in [0.29, 0.717) is 11.8 Å². The molecular formula is C12H24N2O. The molecule has 0 atom stereocenters. The van der Waals surface area contributed by atoms with Gasteiger partial charge in [0.1, 0.15) is 0 Å². The molecule has 2 rings (SSSR count). The summed E-state index contributed by atoms with van der Waals surface area (Å²) in [7, 11) is 2.13. The second kappa shape index (κ2) is 6.11. The van der Waals surface area contributed by atoms with Gasteiger partial charge in [-0.15, -0.1) is 0 Å². The highest BCUT2D eigenvalue weighted by Gasteiger charge is 2.29. The summed E-state index contributed by atoms with van der Waals surface area (Å²) in [4.78, 5) is 16.1. The van der Waals surface area contributed by atoms with Crippen molar-refractivity contribution in [3.05, 3.63) is 0 Å². The van der Waals surface area contributed by atoms with E-state index in [4.69, 9.17) is 0 Å². The maximum absolute atomic E-state index is 11.8. The maximum atomic E-state index is 11.8. The molecule has 0 radical (unpaired) electrons. The molecule has 0 aromatic heterocycles. The van der Waals surface area contributed by atoms with Crippen LogP contribution in [0.5, 0.6) is 0 Å². The van der Waals surface area contributed by atoms with Crippen molar-refractivity contribution in [2.24, 2.45) is 5.92 Å². The molecule has 2 aliphatic rings. The van der Waals surface area contributed by atoms with Crippen LogP contribution < -0.4 is 0 Å². The van der Waals surface area contributed by atoms with Crippen LogP contribution in [0.15, 0.2) is 0 Å². The molecular weight excluding hydrogens is 188 g/mol. The lowest BCUT2D eigenvalue weighted by Crippen LogP contribution is -2.47. The molecule has 88 valence electrons. The molecule has 3 nitrogen and oxygen atoms in total. The number of likely N-dealkylation sites (tertiary alicyclic amines) is 2. The van der Waals surface area contributed by atoms with Crippen LogP contribution in [0.2, 0.25) is 0 Å². The standard InChI is InChI=1S/C10H18N2O.C2H6/c1-11-7-3-9(4-8-11)10(13)12-5-2-6-12;1-2/h9H,2-8H2,1H3;1-2H3. The van der Waals surface area contributed by atoms with Crippen molar-refractivity contribution in [2.45, 2.75) is 33.1 Å². The predicted octanol–water partition coefficient (Wildman–Crippen LogP) is 1.59. The zero-order chi connectivity index (χ0) is 11.3. The van der Waals surface area contributed by atoms with E-state index in [1.807, 2.05) is 18.7 Å². The van der Waals surface area contributed by atoms with Crippen molar-refractivity contribution in [3.8, 4) is 0 Å². The van der Waals surface area contributed by atoms with Crippen LogP contribution in [0.25, 0.3) is 0 Å². The Hall–Kier alpha value is -0.570. The zero-order valence-electron chi connectivity index (χ0n) is 10.3. The molecule has 0 aromatic carbocycles. The van der Waals surface area contributed by atoms with Crippen LogP contribution >= 0.6 is 0 Å². The number of amides is 1. The number of hydrogen-bond acceptors (Lipinski definition) is 2. The first-order valence-corrected chi connectivity index (χ1v) is 6.25. The largest absolute Gasteiger partial charge is 0.342 e. The molecule has 0 unspecified atom stereocenters. The lowest BCUT2D eigenvalue weighted by Gasteiger charge is -2.36. The van der Waals surface area contributed by atoms with Crippen molar-refractivity contribution in [2.75, 3.05) is 33.2 Å². The molecule has 0 N–H and O–H groups in total. The van der Waals surface area contributed by atoms with Gasteiger partial charge in [0.05, 0.1) is 0 Å². The summed E-state index contributed by atoms with van der Waals surface area (Å²) in [5.41, 5.74) is 0. The van der Waals surface area contributed by atoms with Crippen LogP contribution in [-0.2, 0) is 4.79 Å². The van der Waals surface area contributed by atoms with Crippen molar-refractivity contribution in [1.29, 1.82) is 0 Å². The second-order valence-corrected chi connectivity index (χ2v) is 4.26. The van der Waals surface area contributed by atoms with Gasteiger partial charge in [-0.3, -0.25) is 4.79 Å². The smallest absolute Gasteiger partial charge is 0.225 e. The van der Waals surface area contributed by atoms with E-state index in [1.165, 1.54) is 6.42 Å². The number of nitrogens with zero attached hydrogens (tertiary/aromatic N) is 2.